The molecule has 0 aliphatic carbocycles. The first-order valence-electron chi connectivity index (χ1n) is 9.85. The fourth-order valence-corrected chi connectivity index (χ4v) is 4.41. The molecule has 0 N–H and O–H groups in total. The normalized spacial score (nSPS) is 11.3. The van der Waals surface area contributed by atoms with E-state index in [2.05, 4.69) is 4.98 Å². The van der Waals surface area contributed by atoms with Gasteiger partial charge in [-0.15, -0.1) is 0 Å². The Hall–Kier alpha value is -3.12. The molecule has 0 fully saturated rings. The van der Waals surface area contributed by atoms with Gasteiger partial charge < -0.3 is 4.90 Å². The molecule has 0 radical (unpaired) electrons. The maximum Gasteiger partial charge on any atom is 0.261 e. The van der Waals surface area contributed by atoms with Crippen LogP contribution in [0.4, 0.5) is 5.69 Å². The van der Waals surface area contributed by atoms with E-state index in [1.54, 1.807) is 11.9 Å². The molecule has 0 unspecified atom stereocenters. The molecule has 1 amide bonds. The van der Waals surface area contributed by atoms with Crippen LogP contribution in [0.25, 0.3) is 21.7 Å². The number of hydrogen-bond acceptors (Lipinski definition) is 4. The van der Waals surface area contributed by atoms with Crippen LogP contribution in [-0.4, -0.2) is 27.3 Å². The lowest BCUT2D eigenvalue weighted by atomic mass is 10.1. The van der Waals surface area contributed by atoms with E-state index in [0.29, 0.717) is 16.1 Å². The molecule has 152 valence electrons. The minimum Gasteiger partial charge on any atom is -0.309 e. The molecule has 0 saturated heterocycles. The van der Waals surface area contributed by atoms with Crippen molar-refractivity contribution in [3.05, 3.63) is 77.1 Å². The highest BCUT2D eigenvalue weighted by atomic mass is 32.2. The lowest BCUT2D eigenvalue weighted by Gasteiger charge is -2.26. The van der Waals surface area contributed by atoms with E-state index < -0.39 is 0 Å². The van der Waals surface area contributed by atoms with Gasteiger partial charge in [0.05, 0.1) is 16.7 Å². The Bertz CT molecular complexity index is 1280. The van der Waals surface area contributed by atoms with Crippen molar-refractivity contribution in [1.82, 2.24) is 9.55 Å². The van der Waals surface area contributed by atoms with E-state index in [-0.39, 0.29) is 23.3 Å². The molecule has 0 atom stereocenters. The third-order valence-corrected chi connectivity index (χ3v) is 6.06. The van der Waals surface area contributed by atoms with Gasteiger partial charge in [0.1, 0.15) is 0 Å². The van der Waals surface area contributed by atoms with Crippen molar-refractivity contribution in [3.63, 3.8) is 0 Å². The minimum absolute atomic E-state index is 0.0194. The van der Waals surface area contributed by atoms with E-state index in [4.69, 9.17) is 0 Å². The van der Waals surface area contributed by atoms with Crippen LogP contribution in [0.15, 0.2) is 76.7 Å². The molecule has 1 heterocycles. The number of carbonyl (C=O) groups excluding carboxylic acids is 1. The molecule has 30 heavy (non-hydrogen) atoms. The first kappa shape index (κ1) is 20.2. The number of benzene rings is 3. The fraction of sp³-hybridized carbons (Fsp3) is 0.208. The van der Waals surface area contributed by atoms with Crippen molar-refractivity contribution in [2.75, 3.05) is 10.7 Å². The number of para-hydroxylation sites is 1. The third-order valence-electron chi connectivity index (χ3n) is 5.05. The van der Waals surface area contributed by atoms with E-state index in [1.165, 1.54) is 16.3 Å². The molecule has 1 aromatic heterocycles. The van der Waals surface area contributed by atoms with Crippen LogP contribution >= 0.6 is 11.8 Å². The largest absolute Gasteiger partial charge is 0.309 e. The number of fused-ring (bicyclic) bond motifs is 2. The molecule has 0 spiro atoms. The summed E-state index contributed by atoms with van der Waals surface area (Å²) in [6.45, 7) is 3.98. The smallest absolute Gasteiger partial charge is 0.261 e. The molecule has 0 saturated carbocycles. The van der Waals surface area contributed by atoms with Crippen LogP contribution in [0.1, 0.15) is 13.8 Å². The Morgan fingerprint density at radius 2 is 1.67 bits per heavy atom. The van der Waals surface area contributed by atoms with Crippen LogP contribution < -0.4 is 10.5 Å². The topological polar surface area (TPSA) is 55.2 Å². The number of hydrogen-bond donors (Lipinski definition) is 0. The molecule has 4 rings (SSSR count). The summed E-state index contributed by atoms with van der Waals surface area (Å²) in [6.07, 6.45) is 0. The highest BCUT2D eigenvalue weighted by Gasteiger charge is 2.20. The fourth-order valence-electron chi connectivity index (χ4n) is 3.58. The number of aromatic nitrogens is 2. The summed E-state index contributed by atoms with van der Waals surface area (Å²) in [6, 6.07) is 21.4. The minimum atomic E-state index is -0.107. The SMILES string of the molecule is CC(C)N(C(=O)CSc1nc2cc3ccccc3cc2c(=O)n1C)c1ccccc1. The van der Waals surface area contributed by atoms with Gasteiger partial charge in [-0.25, -0.2) is 4.98 Å². The summed E-state index contributed by atoms with van der Waals surface area (Å²) in [5.74, 6) is 0.181. The van der Waals surface area contributed by atoms with Crippen LogP contribution in [0, 0.1) is 0 Å². The van der Waals surface area contributed by atoms with Crippen LogP contribution in [-0.2, 0) is 11.8 Å². The third kappa shape index (κ3) is 3.83. The molecule has 4 aromatic rings. The molecule has 6 heteroatoms. The second kappa shape index (κ2) is 8.32. The number of anilines is 1. The van der Waals surface area contributed by atoms with Gasteiger partial charge in [0.2, 0.25) is 5.91 Å². The van der Waals surface area contributed by atoms with Gasteiger partial charge in [-0.1, -0.05) is 54.2 Å². The molecule has 3 aromatic carbocycles. The van der Waals surface area contributed by atoms with Gasteiger partial charge in [-0.05, 0) is 48.9 Å². The van der Waals surface area contributed by atoms with E-state index in [1.807, 2.05) is 80.6 Å². The van der Waals surface area contributed by atoms with Crippen molar-refractivity contribution < 1.29 is 4.79 Å². The number of carbonyl (C=O) groups is 1. The lowest BCUT2D eigenvalue weighted by Crippen LogP contribution is -2.38. The highest BCUT2D eigenvalue weighted by molar-refractivity contribution is 7.99. The van der Waals surface area contributed by atoms with Crippen molar-refractivity contribution in [2.24, 2.45) is 7.05 Å². The molecule has 5 nitrogen and oxygen atoms in total. The monoisotopic (exact) mass is 417 g/mol. The summed E-state index contributed by atoms with van der Waals surface area (Å²) in [5, 5.41) is 3.16. The van der Waals surface area contributed by atoms with Crippen molar-refractivity contribution in [1.29, 1.82) is 0 Å². The number of thioether (sulfide) groups is 1. The summed E-state index contributed by atoms with van der Waals surface area (Å²) >= 11 is 1.29. The van der Waals surface area contributed by atoms with Crippen molar-refractivity contribution >= 4 is 45.0 Å². The van der Waals surface area contributed by atoms with Gasteiger partial charge in [-0.3, -0.25) is 14.2 Å². The lowest BCUT2D eigenvalue weighted by molar-refractivity contribution is -0.116. The van der Waals surface area contributed by atoms with Crippen LogP contribution in [0.2, 0.25) is 0 Å². The van der Waals surface area contributed by atoms with Gasteiger partial charge in [0.15, 0.2) is 5.16 Å². The van der Waals surface area contributed by atoms with Gasteiger partial charge in [0, 0.05) is 18.8 Å². The Morgan fingerprint density at radius 3 is 2.33 bits per heavy atom. The van der Waals surface area contributed by atoms with Crippen molar-refractivity contribution in [3.8, 4) is 0 Å². The maximum absolute atomic E-state index is 13.0. The molecule has 0 aliphatic heterocycles. The summed E-state index contributed by atoms with van der Waals surface area (Å²) in [4.78, 5) is 32.4. The maximum atomic E-state index is 13.0. The zero-order valence-electron chi connectivity index (χ0n) is 17.2. The van der Waals surface area contributed by atoms with Crippen LogP contribution in [0.3, 0.4) is 0 Å². The predicted octanol–water partition coefficient (Wildman–Crippen LogP) is 4.62. The Kier molecular flexibility index (Phi) is 5.59. The van der Waals surface area contributed by atoms with E-state index >= 15 is 0 Å². The average Bonchev–Trinajstić information content (AvgIpc) is 2.75. The summed E-state index contributed by atoms with van der Waals surface area (Å²) in [7, 11) is 1.70. The molecular weight excluding hydrogens is 394 g/mol. The van der Waals surface area contributed by atoms with E-state index in [9.17, 15) is 9.59 Å². The number of amides is 1. The van der Waals surface area contributed by atoms with Gasteiger partial charge in [0.25, 0.3) is 5.56 Å². The van der Waals surface area contributed by atoms with E-state index in [0.717, 1.165) is 16.5 Å². The summed E-state index contributed by atoms with van der Waals surface area (Å²) < 4.78 is 1.53. The molecule has 0 bridgehead atoms. The van der Waals surface area contributed by atoms with Gasteiger partial charge in [-0.2, -0.15) is 0 Å². The first-order valence-corrected chi connectivity index (χ1v) is 10.8. The molecule has 0 aliphatic rings. The first-order chi connectivity index (χ1) is 14.5. The Labute approximate surface area is 179 Å². The van der Waals surface area contributed by atoms with Gasteiger partial charge >= 0.3 is 0 Å². The second-order valence-electron chi connectivity index (χ2n) is 7.46. The standard InChI is InChI=1S/C24H23N3O2S/c1-16(2)27(19-11-5-4-6-12-19)22(28)15-30-24-25-21-14-18-10-8-7-9-17(18)13-20(21)23(29)26(24)3/h4-14,16H,15H2,1-3H3. The summed E-state index contributed by atoms with van der Waals surface area (Å²) in [5.41, 5.74) is 1.41. The molecular formula is C24H23N3O2S. The number of nitrogens with zero attached hydrogens (tertiary/aromatic N) is 3. The highest BCUT2D eigenvalue weighted by Crippen LogP contribution is 2.24. The Morgan fingerprint density at radius 1 is 1.03 bits per heavy atom. The number of rotatable bonds is 5. The van der Waals surface area contributed by atoms with Crippen molar-refractivity contribution in [2.45, 2.75) is 25.0 Å². The zero-order chi connectivity index (χ0) is 21.3. The van der Waals surface area contributed by atoms with Crippen LogP contribution in [0.5, 0.6) is 0 Å². The second-order valence-corrected chi connectivity index (χ2v) is 8.40. The Balaban J connectivity index is 1.65. The zero-order valence-corrected chi connectivity index (χ0v) is 18.0. The quantitative estimate of drug-likeness (QED) is 0.270. The predicted molar refractivity (Wildman–Crippen MR) is 124 cm³/mol. The average molecular weight is 418 g/mol.